The number of carbonyl (C=O) groups excluding carboxylic acids is 1. The minimum atomic E-state index is -3.51. The molecule has 6 nitrogen and oxygen atoms in total. The van der Waals surface area contributed by atoms with Crippen LogP contribution in [0.1, 0.15) is 11.3 Å². The fourth-order valence-electron chi connectivity index (χ4n) is 3.37. The first-order chi connectivity index (χ1) is 14.3. The molecule has 9 heteroatoms. The Morgan fingerprint density at radius 2 is 1.93 bits per heavy atom. The molecule has 0 saturated carbocycles. The van der Waals surface area contributed by atoms with Crippen molar-refractivity contribution in [3.05, 3.63) is 64.9 Å². The Kier molecular flexibility index (Phi) is 5.44. The second kappa shape index (κ2) is 7.90. The molecule has 0 N–H and O–H groups in total. The van der Waals surface area contributed by atoms with E-state index < -0.39 is 10.0 Å². The fourth-order valence-corrected chi connectivity index (χ4v) is 5.15. The van der Waals surface area contributed by atoms with Crippen molar-refractivity contribution in [2.75, 3.05) is 25.5 Å². The number of fused-ring (bicyclic) bond motifs is 1. The lowest BCUT2D eigenvalue weighted by Gasteiger charge is -2.17. The first kappa shape index (κ1) is 20.6. The van der Waals surface area contributed by atoms with Gasteiger partial charge in [0.1, 0.15) is 10.8 Å². The molecule has 30 heavy (non-hydrogen) atoms. The van der Waals surface area contributed by atoms with Gasteiger partial charge in [-0.15, -0.1) is 11.3 Å². The molecule has 0 fully saturated rings. The van der Waals surface area contributed by atoms with Crippen molar-refractivity contribution < 1.29 is 17.6 Å². The summed E-state index contributed by atoms with van der Waals surface area (Å²) in [6.45, 7) is 0.509. The van der Waals surface area contributed by atoms with Crippen LogP contribution in [-0.2, 0) is 27.7 Å². The quantitative estimate of drug-likeness (QED) is 0.604. The molecule has 1 aliphatic heterocycles. The van der Waals surface area contributed by atoms with Crippen LogP contribution >= 0.6 is 11.3 Å². The van der Waals surface area contributed by atoms with Crippen LogP contribution in [0.3, 0.4) is 0 Å². The molecule has 2 heterocycles. The molecule has 0 aliphatic carbocycles. The van der Waals surface area contributed by atoms with E-state index in [0.29, 0.717) is 18.7 Å². The standard InChI is InChI=1S/C21H20FN3O3S2/c1-24(2)30(27,28)18-7-8-19-15(11-18)9-10-25(19)20(26)12-17-13-29-21(23-17)14-3-5-16(22)6-4-14/h3-8,11,13H,9-10,12H2,1-2H3. The van der Waals surface area contributed by atoms with E-state index >= 15 is 0 Å². The summed E-state index contributed by atoms with van der Waals surface area (Å²) in [5.41, 5.74) is 3.05. The molecule has 1 aliphatic rings. The van der Waals surface area contributed by atoms with E-state index in [9.17, 15) is 17.6 Å². The Morgan fingerprint density at radius 3 is 2.63 bits per heavy atom. The maximum atomic E-state index is 13.1. The van der Waals surface area contributed by atoms with Gasteiger partial charge in [-0.2, -0.15) is 0 Å². The number of amides is 1. The van der Waals surface area contributed by atoms with Gasteiger partial charge in [-0.05, 0) is 54.4 Å². The van der Waals surface area contributed by atoms with Crippen LogP contribution < -0.4 is 4.90 Å². The zero-order valence-corrected chi connectivity index (χ0v) is 18.1. The van der Waals surface area contributed by atoms with Crippen molar-refractivity contribution in [1.82, 2.24) is 9.29 Å². The van der Waals surface area contributed by atoms with E-state index in [2.05, 4.69) is 4.98 Å². The highest BCUT2D eigenvalue weighted by Gasteiger charge is 2.27. The van der Waals surface area contributed by atoms with E-state index in [1.165, 1.54) is 47.9 Å². The molecular formula is C21H20FN3O3S2. The van der Waals surface area contributed by atoms with Crippen LogP contribution in [0.2, 0.25) is 0 Å². The van der Waals surface area contributed by atoms with Crippen LogP contribution in [0.5, 0.6) is 0 Å². The number of benzene rings is 2. The third kappa shape index (κ3) is 3.88. The van der Waals surface area contributed by atoms with Crippen LogP contribution in [0, 0.1) is 5.82 Å². The van der Waals surface area contributed by atoms with Crippen molar-refractivity contribution in [2.24, 2.45) is 0 Å². The normalized spacial score (nSPS) is 13.7. The molecule has 0 saturated heterocycles. The van der Waals surface area contributed by atoms with Gasteiger partial charge in [0.25, 0.3) is 0 Å². The third-order valence-corrected chi connectivity index (χ3v) is 7.75. The number of hydrogen-bond acceptors (Lipinski definition) is 5. The van der Waals surface area contributed by atoms with E-state index in [0.717, 1.165) is 21.8 Å². The number of aromatic nitrogens is 1. The summed E-state index contributed by atoms with van der Waals surface area (Å²) in [5, 5.41) is 2.57. The summed E-state index contributed by atoms with van der Waals surface area (Å²) >= 11 is 1.41. The van der Waals surface area contributed by atoms with Crippen LogP contribution in [0.25, 0.3) is 10.6 Å². The van der Waals surface area contributed by atoms with E-state index in [1.807, 2.05) is 5.38 Å². The second-order valence-corrected chi connectivity index (χ2v) is 10.2. The van der Waals surface area contributed by atoms with Gasteiger partial charge in [0.05, 0.1) is 17.0 Å². The second-order valence-electron chi connectivity index (χ2n) is 7.20. The Hall–Kier alpha value is -2.62. The summed E-state index contributed by atoms with van der Waals surface area (Å²) in [5.74, 6) is -0.395. The average Bonchev–Trinajstić information content (AvgIpc) is 3.35. The van der Waals surface area contributed by atoms with Gasteiger partial charge in [-0.3, -0.25) is 4.79 Å². The van der Waals surface area contributed by atoms with Gasteiger partial charge in [-0.25, -0.2) is 22.1 Å². The van der Waals surface area contributed by atoms with Gasteiger partial charge in [-0.1, -0.05) is 0 Å². The molecule has 0 spiro atoms. The molecule has 1 amide bonds. The molecule has 0 radical (unpaired) electrons. The Balaban J connectivity index is 1.51. The molecule has 0 bridgehead atoms. The monoisotopic (exact) mass is 445 g/mol. The topological polar surface area (TPSA) is 70.6 Å². The van der Waals surface area contributed by atoms with Crippen LogP contribution in [0.15, 0.2) is 52.7 Å². The number of thiazole rings is 1. The number of halogens is 1. The van der Waals surface area contributed by atoms with Gasteiger partial charge >= 0.3 is 0 Å². The number of carbonyl (C=O) groups is 1. The van der Waals surface area contributed by atoms with Gasteiger partial charge in [0.2, 0.25) is 15.9 Å². The van der Waals surface area contributed by atoms with Crippen molar-refractivity contribution in [3.63, 3.8) is 0 Å². The highest BCUT2D eigenvalue weighted by Crippen LogP contribution is 2.32. The minimum Gasteiger partial charge on any atom is -0.311 e. The number of nitrogens with zero attached hydrogens (tertiary/aromatic N) is 3. The Morgan fingerprint density at radius 1 is 1.20 bits per heavy atom. The van der Waals surface area contributed by atoms with Crippen molar-refractivity contribution >= 4 is 33.0 Å². The zero-order chi connectivity index (χ0) is 21.5. The van der Waals surface area contributed by atoms with Crippen molar-refractivity contribution in [1.29, 1.82) is 0 Å². The largest absolute Gasteiger partial charge is 0.311 e. The summed E-state index contributed by atoms with van der Waals surface area (Å²) in [4.78, 5) is 19.3. The Bertz CT molecular complexity index is 1200. The summed E-state index contributed by atoms with van der Waals surface area (Å²) in [6, 6.07) is 11.0. The van der Waals surface area contributed by atoms with E-state index in [-0.39, 0.29) is 23.0 Å². The van der Waals surface area contributed by atoms with Crippen molar-refractivity contribution in [3.8, 4) is 10.6 Å². The highest BCUT2D eigenvalue weighted by molar-refractivity contribution is 7.89. The Labute approximate surface area is 178 Å². The average molecular weight is 446 g/mol. The van der Waals surface area contributed by atoms with E-state index in [4.69, 9.17) is 0 Å². The summed E-state index contributed by atoms with van der Waals surface area (Å²) < 4.78 is 39.0. The number of anilines is 1. The first-order valence-corrected chi connectivity index (χ1v) is 11.6. The van der Waals surface area contributed by atoms with E-state index in [1.54, 1.807) is 29.2 Å². The molecule has 0 atom stereocenters. The van der Waals surface area contributed by atoms with Crippen molar-refractivity contribution in [2.45, 2.75) is 17.7 Å². The molecule has 156 valence electrons. The number of hydrogen-bond donors (Lipinski definition) is 0. The maximum Gasteiger partial charge on any atom is 0.242 e. The molecule has 4 rings (SSSR count). The molecule has 2 aromatic carbocycles. The zero-order valence-electron chi connectivity index (χ0n) is 16.5. The smallest absolute Gasteiger partial charge is 0.242 e. The van der Waals surface area contributed by atoms with Crippen LogP contribution in [0.4, 0.5) is 10.1 Å². The lowest BCUT2D eigenvalue weighted by atomic mass is 10.2. The number of sulfonamides is 1. The van der Waals surface area contributed by atoms with Gasteiger partial charge in [0, 0.05) is 37.3 Å². The minimum absolute atomic E-state index is 0.0899. The first-order valence-electron chi connectivity index (χ1n) is 9.32. The maximum absolute atomic E-state index is 13.1. The predicted molar refractivity (Wildman–Crippen MR) is 115 cm³/mol. The summed E-state index contributed by atoms with van der Waals surface area (Å²) in [6.07, 6.45) is 0.755. The molecule has 1 aromatic heterocycles. The highest BCUT2D eigenvalue weighted by atomic mass is 32.2. The van der Waals surface area contributed by atoms with Gasteiger partial charge < -0.3 is 4.90 Å². The molecule has 0 unspecified atom stereocenters. The fraction of sp³-hybridized carbons (Fsp3) is 0.238. The predicted octanol–water partition coefficient (Wildman–Crippen LogP) is 3.33. The van der Waals surface area contributed by atoms with Crippen LogP contribution in [-0.4, -0.2) is 44.3 Å². The lowest BCUT2D eigenvalue weighted by Crippen LogP contribution is -2.30. The summed E-state index contributed by atoms with van der Waals surface area (Å²) in [7, 11) is -0.528. The third-order valence-electron chi connectivity index (χ3n) is 5.00. The molecule has 3 aromatic rings. The molecular weight excluding hydrogens is 425 g/mol. The van der Waals surface area contributed by atoms with Gasteiger partial charge in [0.15, 0.2) is 0 Å². The number of rotatable bonds is 5. The lowest BCUT2D eigenvalue weighted by molar-refractivity contribution is -0.117. The SMILES string of the molecule is CN(C)S(=O)(=O)c1ccc2c(c1)CCN2C(=O)Cc1csc(-c2ccc(F)cc2)n1.